The summed E-state index contributed by atoms with van der Waals surface area (Å²) in [4.78, 5) is 10.5. The molecule has 0 saturated carbocycles. The second-order valence-electron chi connectivity index (χ2n) is 8.16. The number of sulfonamides is 1. The molecule has 1 heterocycles. The highest BCUT2D eigenvalue weighted by molar-refractivity contribution is 7.92. The number of nitro groups is 1. The zero-order valence-corrected chi connectivity index (χ0v) is 18.1. The van der Waals surface area contributed by atoms with Crippen molar-refractivity contribution in [1.29, 1.82) is 0 Å². The molecule has 0 saturated heterocycles. The number of rotatable bonds is 5. The highest BCUT2D eigenvalue weighted by Gasteiger charge is 2.39. The van der Waals surface area contributed by atoms with Gasteiger partial charge in [0.05, 0.1) is 21.5 Å². The number of non-ortho nitro benzene ring substituents is 1. The second kappa shape index (κ2) is 8.00. The van der Waals surface area contributed by atoms with E-state index in [1.807, 2.05) is 18.2 Å². The van der Waals surface area contributed by atoms with Gasteiger partial charge in [-0.25, -0.2) is 12.8 Å². The molecule has 3 atom stereocenters. The van der Waals surface area contributed by atoms with Crippen LogP contribution in [0.2, 0.25) is 0 Å². The standard InChI is InChI=1S/C24H20FN3O4S/c25-22-10-2-1-7-20(22)24-19-9-4-8-18(19)21-14-17(11-12-23(21)26-24)33(31,32)27-15-5-3-6-16(13-15)28(29)30/h1-8,10-14,18-19,24,26-27H,9H2/t18-,19+,24-/m0/s1. The minimum absolute atomic E-state index is 0.0529. The molecular formula is C24H20FN3O4S. The molecule has 9 heteroatoms. The molecule has 3 aromatic rings. The highest BCUT2D eigenvalue weighted by atomic mass is 32.2. The summed E-state index contributed by atoms with van der Waals surface area (Å²) in [7, 11) is -3.97. The van der Waals surface area contributed by atoms with Crippen LogP contribution in [-0.4, -0.2) is 13.3 Å². The number of hydrogen-bond donors (Lipinski definition) is 2. The van der Waals surface area contributed by atoms with Gasteiger partial charge < -0.3 is 5.32 Å². The van der Waals surface area contributed by atoms with Crippen molar-refractivity contribution in [3.8, 4) is 0 Å². The first-order valence-corrected chi connectivity index (χ1v) is 11.9. The molecule has 2 N–H and O–H groups in total. The van der Waals surface area contributed by atoms with Gasteiger partial charge in [-0.15, -0.1) is 0 Å². The van der Waals surface area contributed by atoms with E-state index in [2.05, 4.69) is 10.0 Å². The third kappa shape index (κ3) is 3.84. The molecule has 3 aromatic carbocycles. The van der Waals surface area contributed by atoms with Gasteiger partial charge >= 0.3 is 0 Å². The maximum absolute atomic E-state index is 14.5. The van der Waals surface area contributed by atoms with E-state index in [1.54, 1.807) is 24.3 Å². The minimum Gasteiger partial charge on any atom is -0.378 e. The van der Waals surface area contributed by atoms with E-state index in [0.717, 1.165) is 17.7 Å². The third-order valence-corrected chi connectivity index (χ3v) is 7.57. The van der Waals surface area contributed by atoms with Crippen molar-refractivity contribution < 1.29 is 17.7 Å². The largest absolute Gasteiger partial charge is 0.378 e. The van der Waals surface area contributed by atoms with Crippen LogP contribution in [0.5, 0.6) is 0 Å². The third-order valence-electron chi connectivity index (χ3n) is 6.19. The van der Waals surface area contributed by atoms with Gasteiger partial charge in [-0.3, -0.25) is 14.8 Å². The van der Waals surface area contributed by atoms with Crippen LogP contribution in [0.15, 0.2) is 83.8 Å². The number of benzene rings is 3. The Morgan fingerprint density at radius 2 is 1.85 bits per heavy atom. The smallest absolute Gasteiger partial charge is 0.271 e. The number of halogens is 1. The van der Waals surface area contributed by atoms with Gasteiger partial charge in [0.15, 0.2) is 0 Å². The van der Waals surface area contributed by atoms with E-state index in [-0.39, 0.29) is 40.0 Å². The van der Waals surface area contributed by atoms with Gasteiger partial charge in [0.25, 0.3) is 15.7 Å². The first kappa shape index (κ1) is 21.1. The molecule has 0 spiro atoms. The number of fused-ring (bicyclic) bond motifs is 3. The van der Waals surface area contributed by atoms with Crippen LogP contribution in [0.3, 0.4) is 0 Å². The predicted molar refractivity (Wildman–Crippen MR) is 123 cm³/mol. The van der Waals surface area contributed by atoms with Gasteiger partial charge in [-0.05, 0) is 48.2 Å². The lowest BCUT2D eigenvalue weighted by atomic mass is 9.77. The molecule has 1 aliphatic heterocycles. The van der Waals surface area contributed by atoms with Crippen molar-refractivity contribution in [3.63, 3.8) is 0 Å². The van der Waals surface area contributed by atoms with Crippen molar-refractivity contribution >= 4 is 27.1 Å². The van der Waals surface area contributed by atoms with Gasteiger partial charge in [0.2, 0.25) is 0 Å². The lowest BCUT2D eigenvalue weighted by Gasteiger charge is -2.37. The van der Waals surface area contributed by atoms with Crippen LogP contribution in [0.1, 0.15) is 29.5 Å². The number of hydrogen-bond acceptors (Lipinski definition) is 5. The van der Waals surface area contributed by atoms with Crippen molar-refractivity contribution in [2.24, 2.45) is 5.92 Å². The fourth-order valence-corrected chi connectivity index (χ4v) is 5.76. The van der Waals surface area contributed by atoms with Crippen LogP contribution in [-0.2, 0) is 10.0 Å². The number of nitro benzene ring substituents is 1. The van der Waals surface area contributed by atoms with Crippen LogP contribution < -0.4 is 10.0 Å². The summed E-state index contributed by atoms with van der Waals surface area (Å²) >= 11 is 0. The van der Waals surface area contributed by atoms with Crippen LogP contribution >= 0.6 is 0 Å². The predicted octanol–water partition coefficient (Wildman–Crippen LogP) is 5.36. The van der Waals surface area contributed by atoms with E-state index >= 15 is 0 Å². The van der Waals surface area contributed by atoms with Gasteiger partial charge in [0.1, 0.15) is 5.82 Å². The quantitative estimate of drug-likeness (QED) is 0.300. The molecule has 0 aromatic heterocycles. The van der Waals surface area contributed by atoms with E-state index < -0.39 is 14.9 Å². The molecule has 168 valence electrons. The molecular weight excluding hydrogens is 445 g/mol. The summed E-state index contributed by atoms with van der Waals surface area (Å²) in [5.41, 5.74) is 2.07. The Balaban J connectivity index is 1.48. The Kier molecular flexibility index (Phi) is 5.13. The maximum atomic E-state index is 14.5. The summed E-state index contributed by atoms with van der Waals surface area (Å²) in [6.07, 6.45) is 4.84. The second-order valence-corrected chi connectivity index (χ2v) is 9.84. The maximum Gasteiger partial charge on any atom is 0.271 e. The molecule has 2 aliphatic rings. The van der Waals surface area contributed by atoms with E-state index in [0.29, 0.717) is 5.56 Å². The Morgan fingerprint density at radius 1 is 1.03 bits per heavy atom. The number of anilines is 2. The summed E-state index contributed by atoms with van der Waals surface area (Å²) in [6, 6.07) is 16.6. The molecule has 0 amide bonds. The van der Waals surface area contributed by atoms with E-state index in [1.165, 1.54) is 36.4 Å². The number of nitrogens with zero attached hydrogens (tertiary/aromatic N) is 1. The topological polar surface area (TPSA) is 101 Å². The van der Waals surface area contributed by atoms with Gasteiger partial charge in [-0.2, -0.15) is 0 Å². The molecule has 0 unspecified atom stereocenters. The normalized spacial score (nSPS) is 21.1. The summed E-state index contributed by atoms with van der Waals surface area (Å²) in [5, 5.41) is 14.4. The van der Waals surface area contributed by atoms with Crippen molar-refractivity contribution in [1.82, 2.24) is 0 Å². The monoisotopic (exact) mass is 465 g/mol. The zero-order chi connectivity index (χ0) is 23.2. The Hall–Kier alpha value is -3.72. The SMILES string of the molecule is O=[N+]([O-])c1cccc(NS(=O)(=O)c2ccc3c(c2)[C@H]2C=CC[C@H]2[C@@H](c2ccccc2F)N3)c1. The first-order valence-electron chi connectivity index (χ1n) is 10.4. The fourth-order valence-electron chi connectivity index (χ4n) is 4.67. The molecule has 0 fully saturated rings. The van der Waals surface area contributed by atoms with Crippen LogP contribution in [0, 0.1) is 21.8 Å². The first-order chi connectivity index (χ1) is 15.8. The Bertz CT molecular complexity index is 1390. The minimum atomic E-state index is -3.97. The number of nitrogens with one attached hydrogen (secondary N) is 2. The zero-order valence-electron chi connectivity index (χ0n) is 17.3. The van der Waals surface area contributed by atoms with Crippen LogP contribution in [0.4, 0.5) is 21.5 Å². The van der Waals surface area contributed by atoms with E-state index in [9.17, 15) is 22.9 Å². The summed E-state index contributed by atoms with van der Waals surface area (Å²) in [6.45, 7) is 0. The van der Waals surface area contributed by atoms with Gasteiger partial charge in [0, 0.05) is 29.3 Å². The van der Waals surface area contributed by atoms with Crippen molar-refractivity contribution in [2.75, 3.05) is 10.0 Å². The van der Waals surface area contributed by atoms with E-state index in [4.69, 9.17) is 0 Å². The molecule has 33 heavy (non-hydrogen) atoms. The van der Waals surface area contributed by atoms with Crippen molar-refractivity contribution in [2.45, 2.75) is 23.3 Å². The molecule has 0 bridgehead atoms. The molecule has 7 nitrogen and oxygen atoms in total. The van der Waals surface area contributed by atoms with Gasteiger partial charge in [-0.1, -0.05) is 36.4 Å². The Morgan fingerprint density at radius 3 is 2.64 bits per heavy atom. The Labute approximate surface area is 190 Å². The van der Waals surface area contributed by atoms with Crippen molar-refractivity contribution in [3.05, 3.63) is 106 Å². The highest BCUT2D eigenvalue weighted by Crippen LogP contribution is 2.50. The molecule has 5 rings (SSSR count). The summed E-state index contributed by atoms with van der Waals surface area (Å²) in [5.74, 6) is -0.277. The number of allylic oxidation sites excluding steroid dienone is 2. The fraction of sp³-hybridized carbons (Fsp3) is 0.167. The van der Waals surface area contributed by atoms with Crippen LogP contribution in [0.25, 0.3) is 0 Å². The molecule has 0 radical (unpaired) electrons. The average molecular weight is 466 g/mol. The lowest BCUT2D eigenvalue weighted by molar-refractivity contribution is -0.384. The summed E-state index contributed by atoms with van der Waals surface area (Å²) < 4.78 is 43.0. The average Bonchev–Trinajstić information content (AvgIpc) is 3.29. The molecule has 1 aliphatic carbocycles. The lowest BCUT2D eigenvalue weighted by Crippen LogP contribution is -2.30.